The normalized spacial score (nSPS) is 13.3. The molecule has 0 aliphatic carbocycles. The fourth-order valence-corrected chi connectivity index (χ4v) is 2.35. The summed E-state index contributed by atoms with van der Waals surface area (Å²) in [5.41, 5.74) is -0.276. The highest BCUT2D eigenvalue weighted by Crippen LogP contribution is 2.26. The van der Waals surface area contributed by atoms with Crippen LogP contribution in [-0.4, -0.2) is 53.3 Å². The van der Waals surface area contributed by atoms with Gasteiger partial charge in [0, 0.05) is 25.3 Å². The Morgan fingerprint density at radius 3 is 2.60 bits per heavy atom. The summed E-state index contributed by atoms with van der Waals surface area (Å²) >= 11 is 0. The number of carbonyl (C=O) groups is 3. The molecule has 0 bridgehead atoms. The highest BCUT2D eigenvalue weighted by molar-refractivity contribution is 6.22. The predicted molar refractivity (Wildman–Crippen MR) is 87.2 cm³/mol. The van der Waals surface area contributed by atoms with Gasteiger partial charge in [-0.25, -0.2) is 0 Å². The van der Waals surface area contributed by atoms with Crippen LogP contribution in [0.5, 0.6) is 0 Å². The first-order chi connectivity index (χ1) is 11.8. The Balaban J connectivity index is 1.93. The number of non-ortho nitro benzene ring substituents is 1. The van der Waals surface area contributed by atoms with Crippen LogP contribution in [0.15, 0.2) is 18.2 Å². The number of rotatable bonds is 8. The monoisotopic (exact) mass is 349 g/mol. The quantitative estimate of drug-likeness (QED) is 0.325. The lowest BCUT2D eigenvalue weighted by Crippen LogP contribution is -2.40. The molecule has 0 aromatic heterocycles. The van der Waals surface area contributed by atoms with E-state index in [1.165, 1.54) is 6.07 Å². The van der Waals surface area contributed by atoms with E-state index in [9.17, 15) is 24.5 Å². The number of hydrogen-bond acceptors (Lipinski definition) is 6. The summed E-state index contributed by atoms with van der Waals surface area (Å²) in [4.78, 5) is 47.3. The van der Waals surface area contributed by atoms with E-state index in [0.717, 1.165) is 17.0 Å². The second kappa shape index (κ2) is 7.84. The van der Waals surface area contributed by atoms with Gasteiger partial charge in [-0.3, -0.25) is 29.4 Å². The van der Waals surface area contributed by atoms with Crippen molar-refractivity contribution in [3.63, 3.8) is 0 Å². The van der Waals surface area contributed by atoms with Gasteiger partial charge in [-0.15, -0.1) is 0 Å². The van der Waals surface area contributed by atoms with Crippen molar-refractivity contribution < 1.29 is 24.0 Å². The number of benzene rings is 1. The van der Waals surface area contributed by atoms with Crippen molar-refractivity contribution >= 4 is 23.4 Å². The average Bonchev–Trinajstić information content (AvgIpc) is 2.79. The lowest BCUT2D eigenvalue weighted by atomic mass is 10.1. The Hall–Kier alpha value is -2.81. The Bertz CT molecular complexity index is 716. The fraction of sp³-hybridized carbons (Fsp3) is 0.438. The third kappa shape index (κ3) is 4.38. The molecule has 3 amide bonds. The number of ether oxygens (including phenoxy) is 1. The topological polar surface area (TPSA) is 119 Å². The number of imide groups is 1. The van der Waals surface area contributed by atoms with Crippen LogP contribution < -0.4 is 5.32 Å². The second-order valence-electron chi connectivity index (χ2n) is 5.81. The van der Waals surface area contributed by atoms with Gasteiger partial charge in [0.1, 0.15) is 6.54 Å². The second-order valence-corrected chi connectivity index (χ2v) is 5.81. The summed E-state index contributed by atoms with van der Waals surface area (Å²) in [5.74, 6) is -1.82. The lowest BCUT2D eigenvalue weighted by Gasteiger charge is -2.13. The minimum atomic E-state index is -0.706. The maximum atomic E-state index is 12.3. The van der Waals surface area contributed by atoms with Gasteiger partial charge in [-0.05, 0) is 26.3 Å². The van der Waals surface area contributed by atoms with Crippen molar-refractivity contribution in [1.82, 2.24) is 10.2 Å². The first-order valence-corrected chi connectivity index (χ1v) is 7.84. The van der Waals surface area contributed by atoms with E-state index in [1.807, 2.05) is 13.8 Å². The Labute approximate surface area is 144 Å². The van der Waals surface area contributed by atoms with Crippen LogP contribution in [0.1, 0.15) is 41.0 Å². The van der Waals surface area contributed by atoms with Gasteiger partial charge in [-0.2, -0.15) is 0 Å². The number of amides is 3. The van der Waals surface area contributed by atoms with Crippen molar-refractivity contribution in [2.24, 2.45) is 0 Å². The van der Waals surface area contributed by atoms with E-state index in [0.29, 0.717) is 19.6 Å². The van der Waals surface area contributed by atoms with Crippen LogP contribution in [0.3, 0.4) is 0 Å². The molecule has 1 aliphatic heterocycles. The van der Waals surface area contributed by atoms with Gasteiger partial charge >= 0.3 is 0 Å². The molecule has 0 saturated carbocycles. The predicted octanol–water partition coefficient (Wildman–Crippen LogP) is 1.12. The van der Waals surface area contributed by atoms with Crippen LogP contribution in [0.4, 0.5) is 5.69 Å². The number of fused-ring (bicyclic) bond motifs is 1. The molecule has 1 heterocycles. The van der Waals surface area contributed by atoms with Crippen LogP contribution >= 0.6 is 0 Å². The fourth-order valence-electron chi connectivity index (χ4n) is 2.35. The van der Waals surface area contributed by atoms with E-state index in [1.54, 1.807) is 0 Å². The third-order valence-electron chi connectivity index (χ3n) is 3.56. The van der Waals surface area contributed by atoms with Crippen molar-refractivity contribution in [1.29, 1.82) is 0 Å². The summed E-state index contributed by atoms with van der Waals surface area (Å²) in [5, 5.41) is 13.4. The molecular formula is C16H19N3O6. The molecule has 0 spiro atoms. The molecule has 1 aliphatic rings. The minimum absolute atomic E-state index is 0.0580. The summed E-state index contributed by atoms with van der Waals surface area (Å²) in [6, 6.07) is 3.44. The summed E-state index contributed by atoms with van der Waals surface area (Å²) < 4.78 is 5.34. The Morgan fingerprint density at radius 1 is 1.28 bits per heavy atom. The van der Waals surface area contributed by atoms with E-state index < -0.39 is 29.2 Å². The Kier molecular flexibility index (Phi) is 5.81. The number of nitro benzene ring substituents is 1. The summed E-state index contributed by atoms with van der Waals surface area (Å²) in [6.07, 6.45) is 0.719. The maximum absolute atomic E-state index is 12.3. The van der Waals surface area contributed by atoms with Crippen LogP contribution in [0.25, 0.3) is 0 Å². The van der Waals surface area contributed by atoms with Crippen molar-refractivity contribution in [3.8, 4) is 0 Å². The molecule has 134 valence electrons. The largest absolute Gasteiger partial charge is 0.379 e. The van der Waals surface area contributed by atoms with Gasteiger partial charge in [0.2, 0.25) is 5.91 Å². The van der Waals surface area contributed by atoms with Crippen LogP contribution in [0, 0.1) is 10.1 Å². The highest BCUT2D eigenvalue weighted by atomic mass is 16.6. The number of nitro groups is 1. The molecule has 1 aromatic rings. The summed E-state index contributed by atoms with van der Waals surface area (Å²) in [6.45, 7) is 4.25. The molecule has 1 N–H and O–H groups in total. The molecule has 0 fully saturated rings. The van der Waals surface area contributed by atoms with Gasteiger partial charge in [-0.1, -0.05) is 0 Å². The molecule has 9 nitrogen and oxygen atoms in total. The molecule has 0 unspecified atom stereocenters. The number of carbonyl (C=O) groups excluding carboxylic acids is 3. The van der Waals surface area contributed by atoms with Gasteiger partial charge in [0.15, 0.2) is 0 Å². The smallest absolute Gasteiger partial charge is 0.270 e. The lowest BCUT2D eigenvalue weighted by molar-refractivity contribution is -0.384. The molecular weight excluding hydrogens is 330 g/mol. The van der Waals surface area contributed by atoms with Gasteiger partial charge < -0.3 is 10.1 Å². The molecule has 9 heteroatoms. The zero-order valence-electron chi connectivity index (χ0n) is 14.0. The zero-order chi connectivity index (χ0) is 18.6. The third-order valence-corrected chi connectivity index (χ3v) is 3.56. The molecule has 0 atom stereocenters. The SMILES string of the molecule is CC(C)OCCCNC(=O)CN1C(=O)c2ccc([N+](=O)[O-])cc2C1=O. The highest BCUT2D eigenvalue weighted by Gasteiger charge is 2.37. The molecule has 25 heavy (non-hydrogen) atoms. The van der Waals surface area contributed by atoms with E-state index >= 15 is 0 Å². The van der Waals surface area contributed by atoms with E-state index in [4.69, 9.17) is 4.74 Å². The standard InChI is InChI=1S/C16H19N3O6/c1-10(2)25-7-3-6-17-14(20)9-18-15(21)12-5-4-11(19(23)24)8-13(12)16(18)22/h4-5,8,10H,3,6-7,9H2,1-2H3,(H,17,20). The van der Waals surface area contributed by atoms with E-state index in [2.05, 4.69) is 5.32 Å². The number of hydrogen-bond donors (Lipinski definition) is 1. The first-order valence-electron chi connectivity index (χ1n) is 7.84. The molecule has 2 rings (SSSR count). The minimum Gasteiger partial charge on any atom is -0.379 e. The summed E-state index contributed by atoms with van der Waals surface area (Å²) in [7, 11) is 0. The Morgan fingerprint density at radius 2 is 1.96 bits per heavy atom. The number of nitrogens with zero attached hydrogens (tertiary/aromatic N) is 2. The molecule has 1 aromatic carbocycles. The van der Waals surface area contributed by atoms with Crippen LogP contribution in [0.2, 0.25) is 0 Å². The molecule has 0 saturated heterocycles. The van der Waals surface area contributed by atoms with Crippen molar-refractivity contribution in [2.45, 2.75) is 26.4 Å². The maximum Gasteiger partial charge on any atom is 0.270 e. The van der Waals surface area contributed by atoms with Crippen LogP contribution in [-0.2, 0) is 9.53 Å². The van der Waals surface area contributed by atoms with Crippen molar-refractivity contribution in [2.75, 3.05) is 19.7 Å². The average molecular weight is 349 g/mol. The van der Waals surface area contributed by atoms with Gasteiger partial charge in [0.05, 0.1) is 22.2 Å². The van der Waals surface area contributed by atoms with Crippen molar-refractivity contribution in [3.05, 3.63) is 39.4 Å². The van der Waals surface area contributed by atoms with E-state index in [-0.39, 0.29) is 22.9 Å². The first kappa shape index (κ1) is 18.5. The molecule has 0 radical (unpaired) electrons. The number of nitrogens with one attached hydrogen (secondary N) is 1. The van der Waals surface area contributed by atoms with Gasteiger partial charge in [0.25, 0.3) is 17.5 Å². The zero-order valence-corrected chi connectivity index (χ0v) is 14.0.